The van der Waals surface area contributed by atoms with Crippen LogP contribution in [0, 0.1) is 0 Å². The molecule has 1 aromatic rings. The normalized spacial score (nSPS) is 12.8. The molecule has 0 radical (unpaired) electrons. The molecule has 1 aromatic carbocycles. The minimum absolute atomic E-state index is 0.255. The summed E-state index contributed by atoms with van der Waals surface area (Å²) < 4.78 is 32.0. The van der Waals surface area contributed by atoms with Crippen LogP contribution < -0.4 is 9.92 Å². The van der Waals surface area contributed by atoms with Gasteiger partial charge >= 0.3 is 0 Å². The van der Waals surface area contributed by atoms with Gasteiger partial charge < -0.3 is 4.74 Å². The summed E-state index contributed by atoms with van der Waals surface area (Å²) in [5.74, 6) is 0.442. The first-order valence-corrected chi connectivity index (χ1v) is 11.8. The molecular formula is C14H25NO3SSi. The van der Waals surface area contributed by atoms with Crippen LogP contribution in [0.25, 0.3) is 0 Å². The highest BCUT2D eigenvalue weighted by molar-refractivity contribution is 7.89. The third kappa shape index (κ3) is 3.42. The second kappa shape index (κ2) is 6.28. The number of sulfonamides is 1. The fraction of sp³-hybridized carbons (Fsp3) is 0.571. The number of methoxy groups -OCH3 is 1. The average molecular weight is 316 g/mol. The molecule has 4 nitrogen and oxygen atoms in total. The number of ether oxygens (including phenoxy) is 1. The number of hydrogen-bond acceptors (Lipinski definition) is 3. The number of hydrogen-bond donors (Lipinski definition) is 0. The Kier molecular flexibility index (Phi) is 5.40. The van der Waals surface area contributed by atoms with Gasteiger partial charge in [0, 0.05) is 13.1 Å². The summed E-state index contributed by atoms with van der Waals surface area (Å²) in [5.41, 5.74) is 0. The van der Waals surface area contributed by atoms with E-state index in [-0.39, 0.29) is 4.90 Å². The Morgan fingerprint density at radius 3 is 2.10 bits per heavy atom. The predicted octanol–water partition coefficient (Wildman–Crippen LogP) is 2.27. The van der Waals surface area contributed by atoms with E-state index in [0.29, 0.717) is 18.8 Å². The van der Waals surface area contributed by atoms with E-state index in [4.69, 9.17) is 4.74 Å². The maximum absolute atomic E-state index is 12.6. The Bertz CT molecular complexity index is 560. The second-order valence-electron chi connectivity index (χ2n) is 5.70. The van der Waals surface area contributed by atoms with Crippen LogP contribution in [0.3, 0.4) is 0 Å². The van der Waals surface area contributed by atoms with Crippen molar-refractivity contribution in [1.82, 2.24) is 4.31 Å². The van der Waals surface area contributed by atoms with Crippen molar-refractivity contribution in [1.29, 1.82) is 0 Å². The largest absolute Gasteiger partial charge is 0.495 e. The monoisotopic (exact) mass is 315 g/mol. The minimum atomic E-state index is -3.48. The molecule has 0 heterocycles. The molecule has 0 spiro atoms. The molecule has 0 saturated carbocycles. The van der Waals surface area contributed by atoms with Crippen molar-refractivity contribution in [2.24, 2.45) is 0 Å². The number of benzene rings is 1. The highest BCUT2D eigenvalue weighted by Crippen LogP contribution is 2.26. The van der Waals surface area contributed by atoms with E-state index in [1.807, 2.05) is 26.0 Å². The van der Waals surface area contributed by atoms with Crippen LogP contribution in [0.1, 0.15) is 13.8 Å². The zero-order valence-corrected chi connectivity index (χ0v) is 15.0. The summed E-state index contributed by atoms with van der Waals surface area (Å²) in [5, 5.41) is 1.19. The zero-order valence-electron chi connectivity index (χ0n) is 13.2. The maximum atomic E-state index is 12.6. The summed E-state index contributed by atoms with van der Waals surface area (Å²) in [4.78, 5) is 0.255. The van der Waals surface area contributed by atoms with Gasteiger partial charge in [-0.25, -0.2) is 8.42 Å². The van der Waals surface area contributed by atoms with E-state index >= 15 is 0 Å². The van der Waals surface area contributed by atoms with Crippen molar-refractivity contribution in [3.63, 3.8) is 0 Å². The summed E-state index contributed by atoms with van der Waals surface area (Å²) in [6, 6.07) is 5.48. The van der Waals surface area contributed by atoms with Gasteiger partial charge in [-0.3, -0.25) is 0 Å². The van der Waals surface area contributed by atoms with Crippen molar-refractivity contribution in [3.8, 4) is 5.75 Å². The molecule has 0 aliphatic carbocycles. The van der Waals surface area contributed by atoms with Gasteiger partial charge in [-0.15, -0.1) is 0 Å². The zero-order chi connectivity index (χ0) is 15.6. The summed E-state index contributed by atoms with van der Waals surface area (Å²) in [6.07, 6.45) is 0. The maximum Gasteiger partial charge on any atom is 0.246 e. The molecule has 0 aromatic heterocycles. The Morgan fingerprint density at radius 1 is 1.15 bits per heavy atom. The predicted molar refractivity (Wildman–Crippen MR) is 86.1 cm³/mol. The van der Waals surface area contributed by atoms with Crippen molar-refractivity contribution in [3.05, 3.63) is 18.2 Å². The van der Waals surface area contributed by atoms with Crippen LogP contribution in [0.5, 0.6) is 5.75 Å². The van der Waals surface area contributed by atoms with Crippen LogP contribution in [-0.4, -0.2) is 41.0 Å². The highest BCUT2D eigenvalue weighted by atomic mass is 32.2. The minimum Gasteiger partial charge on any atom is -0.495 e. The van der Waals surface area contributed by atoms with Gasteiger partial charge in [0.05, 0.1) is 15.2 Å². The van der Waals surface area contributed by atoms with E-state index in [1.54, 1.807) is 6.07 Å². The van der Waals surface area contributed by atoms with Crippen molar-refractivity contribution in [2.45, 2.75) is 38.4 Å². The molecule has 0 bridgehead atoms. The average Bonchev–Trinajstić information content (AvgIpc) is 2.38. The molecule has 0 atom stereocenters. The lowest BCUT2D eigenvalue weighted by atomic mass is 10.3. The lowest BCUT2D eigenvalue weighted by Crippen LogP contribution is -2.38. The molecule has 114 valence electrons. The first-order valence-electron chi connectivity index (χ1n) is 6.87. The molecule has 0 aliphatic rings. The van der Waals surface area contributed by atoms with E-state index in [0.717, 1.165) is 0 Å². The first kappa shape index (κ1) is 17.2. The van der Waals surface area contributed by atoms with Crippen LogP contribution in [0.4, 0.5) is 0 Å². The Labute approximate surface area is 123 Å². The lowest BCUT2D eigenvalue weighted by Gasteiger charge is -2.22. The summed E-state index contributed by atoms with van der Waals surface area (Å²) in [7, 11) is -3.46. The molecule has 0 N–H and O–H groups in total. The SMILES string of the molecule is CCN(CC)S(=O)(=O)c1ccc([Si](C)(C)C)cc1OC. The molecule has 0 fully saturated rings. The van der Waals surface area contributed by atoms with E-state index in [2.05, 4.69) is 19.6 Å². The fourth-order valence-corrected chi connectivity index (χ4v) is 4.79. The van der Waals surface area contributed by atoms with Crippen molar-refractivity contribution >= 4 is 23.3 Å². The first-order chi connectivity index (χ1) is 9.18. The van der Waals surface area contributed by atoms with Gasteiger partial charge in [0.2, 0.25) is 10.0 Å². The van der Waals surface area contributed by atoms with Crippen LogP contribution in [0.2, 0.25) is 19.6 Å². The Hall–Kier alpha value is -0.853. The van der Waals surface area contributed by atoms with E-state index < -0.39 is 18.1 Å². The van der Waals surface area contributed by atoms with Gasteiger partial charge in [0.1, 0.15) is 10.6 Å². The fourth-order valence-electron chi connectivity index (χ4n) is 2.05. The molecular weight excluding hydrogens is 290 g/mol. The topological polar surface area (TPSA) is 46.6 Å². The molecule has 1 rings (SSSR count). The second-order valence-corrected chi connectivity index (χ2v) is 12.7. The van der Waals surface area contributed by atoms with Crippen LogP contribution in [-0.2, 0) is 10.0 Å². The Morgan fingerprint density at radius 2 is 1.70 bits per heavy atom. The van der Waals surface area contributed by atoms with Gasteiger partial charge in [0.25, 0.3) is 0 Å². The number of rotatable bonds is 6. The quantitative estimate of drug-likeness (QED) is 0.757. The van der Waals surface area contributed by atoms with Gasteiger partial charge in [-0.2, -0.15) is 4.31 Å². The van der Waals surface area contributed by atoms with Gasteiger partial charge in [0.15, 0.2) is 0 Å². The van der Waals surface area contributed by atoms with Crippen molar-refractivity contribution in [2.75, 3.05) is 20.2 Å². The lowest BCUT2D eigenvalue weighted by molar-refractivity contribution is 0.396. The third-order valence-corrected chi connectivity index (χ3v) is 7.49. The molecule has 0 aliphatic heterocycles. The van der Waals surface area contributed by atoms with Gasteiger partial charge in [-0.1, -0.05) is 44.7 Å². The molecule has 20 heavy (non-hydrogen) atoms. The number of nitrogens with zero attached hydrogens (tertiary/aromatic N) is 1. The molecule has 0 unspecified atom stereocenters. The molecule has 0 amide bonds. The standard InChI is InChI=1S/C14H25NO3SSi/c1-7-15(8-2)19(16,17)14-10-9-12(20(4,5)6)11-13(14)18-3/h9-11H,7-8H2,1-6H3. The van der Waals surface area contributed by atoms with E-state index in [1.165, 1.54) is 16.6 Å². The Balaban J connectivity index is 3.40. The van der Waals surface area contributed by atoms with Crippen LogP contribution >= 0.6 is 0 Å². The van der Waals surface area contributed by atoms with Gasteiger partial charge in [-0.05, 0) is 12.1 Å². The molecule has 6 heteroatoms. The molecule has 0 saturated heterocycles. The summed E-state index contributed by atoms with van der Waals surface area (Å²) in [6.45, 7) is 11.3. The van der Waals surface area contributed by atoms with Crippen LogP contribution in [0.15, 0.2) is 23.1 Å². The highest BCUT2D eigenvalue weighted by Gasteiger charge is 2.27. The summed E-state index contributed by atoms with van der Waals surface area (Å²) >= 11 is 0. The van der Waals surface area contributed by atoms with E-state index in [9.17, 15) is 8.42 Å². The smallest absolute Gasteiger partial charge is 0.246 e. The van der Waals surface area contributed by atoms with Crippen molar-refractivity contribution < 1.29 is 13.2 Å². The third-order valence-electron chi connectivity index (χ3n) is 3.35.